The van der Waals surface area contributed by atoms with E-state index in [-0.39, 0.29) is 23.6 Å². The van der Waals surface area contributed by atoms with E-state index >= 15 is 0 Å². The minimum atomic E-state index is -0.520. The average Bonchev–Trinajstić information content (AvgIpc) is 3.03. The third-order valence-electron chi connectivity index (χ3n) is 6.52. The van der Waals surface area contributed by atoms with E-state index in [0.29, 0.717) is 6.42 Å². The van der Waals surface area contributed by atoms with Gasteiger partial charge in [-0.3, -0.25) is 9.69 Å². The van der Waals surface area contributed by atoms with Crippen molar-refractivity contribution in [3.8, 4) is 16.9 Å². The number of urea groups is 1. The van der Waals surface area contributed by atoms with Gasteiger partial charge < -0.3 is 14.8 Å². The summed E-state index contributed by atoms with van der Waals surface area (Å²) in [7, 11) is 3.34. The molecule has 0 spiro atoms. The SMILES string of the molecule is COc1ccccc1-c1ccc(C(C)N2C(=O)NC(CC3(OC)CCC3)C2=O)cc1. The molecule has 2 aliphatic rings. The van der Waals surface area contributed by atoms with Gasteiger partial charge in [-0.15, -0.1) is 0 Å². The van der Waals surface area contributed by atoms with Crippen LogP contribution in [0.25, 0.3) is 11.1 Å². The summed E-state index contributed by atoms with van der Waals surface area (Å²) in [6.07, 6.45) is 3.50. The van der Waals surface area contributed by atoms with Crippen LogP contribution >= 0.6 is 0 Å². The Labute approximate surface area is 177 Å². The molecular formula is C24H28N2O4. The van der Waals surface area contributed by atoms with Gasteiger partial charge in [-0.25, -0.2) is 4.79 Å². The number of methoxy groups -OCH3 is 2. The Hall–Kier alpha value is -2.86. The quantitative estimate of drug-likeness (QED) is 0.694. The highest BCUT2D eigenvalue weighted by Gasteiger charge is 2.47. The fourth-order valence-corrected chi connectivity index (χ4v) is 4.46. The summed E-state index contributed by atoms with van der Waals surface area (Å²) in [5.41, 5.74) is 2.65. The van der Waals surface area contributed by atoms with Crippen molar-refractivity contribution in [3.63, 3.8) is 0 Å². The molecule has 1 aliphatic carbocycles. The van der Waals surface area contributed by atoms with Crippen LogP contribution in [-0.2, 0) is 9.53 Å². The van der Waals surface area contributed by atoms with E-state index in [0.717, 1.165) is 41.7 Å². The first kappa shape index (κ1) is 20.4. The average molecular weight is 408 g/mol. The van der Waals surface area contributed by atoms with Gasteiger partial charge >= 0.3 is 6.03 Å². The Kier molecular flexibility index (Phi) is 5.52. The topological polar surface area (TPSA) is 67.9 Å². The molecule has 1 saturated carbocycles. The fraction of sp³-hybridized carbons (Fsp3) is 0.417. The van der Waals surface area contributed by atoms with E-state index in [1.165, 1.54) is 4.90 Å². The molecule has 2 unspecified atom stereocenters. The molecule has 1 heterocycles. The Morgan fingerprint density at radius 3 is 2.40 bits per heavy atom. The van der Waals surface area contributed by atoms with Crippen LogP contribution in [0, 0.1) is 0 Å². The Balaban J connectivity index is 1.50. The van der Waals surface area contributed by atoms with E-state index in [1.807, 2.05) is 55.5 Å². The van der Waals surface area contributed by atoms with Gasteiger partial charge in [0.15, 0.2) is 0 Å². The molecule has 2 aromatic carbocycles. The lowest BCUT2D eigenvalue weighted by Gasteiger charge is -2.41. The molecule has 6 nitrogen and oxygen atoms in total. The molecule has 2 fully saturated rings. The summed E-state index contributed by atoms with van der Waals surface area (Å²) in [4.78, 5) is 26.9. The Morgan fingerprint density at radius 1 is 1.10 bits per heavy atom. The van der Waals surface area contributed by atoms with Gasteiger partial charge in [-0.05, 0) is 43.4 Å². The van der Waals surface area contributed by atoms with Crippen LogP contribution in [0.5, 0.6) is 5.75 Å². The number of amides is 3. The second kappa shape index (κ2) is 8.11. The minimum Gasteiger partial charge on any atom is -0.496 e. The maximum atomic E-state index is 13.0. The number of benzene rings is 2. The molecule has 30 heavy (non-hydrogen) atoms. The monoisotopic (exact) mass is 408 g/mol. The fourth-order valence-electron chi connectivity index (χ4n) is 4.46. The van der Waals surface area contributed by atoms with Crippen molar-refractivity contribution in [1.82, 2.24) is 10.2 Å². The van der Waals surface area contributed by atoms with E-state index in [1.54, 1.807) is 14.2 Å². The highest BCUT2D eigenvalue weighted by atomic mass is 16.5. The van der Waals surface area contributed by atoms with Gasteiger partial charge in [0.1, 0.15) is 11.8 Å². The molecule has 2 atom stereocenters. The first-order chi connectivity index (χ1) is 14.5. The van der Waals surface area contributed by atoms with Gasteiger partial charge in [0.2, 0.25) is 0 Å². The first-order valence-electron chi connectivity index (χ1n) is 10.4. The van der Waals surface area contributed by atoms with Crippen molar-refractivity contribution in [3.05, 3.63) is 54.1 Å². The highest BCUT2D eigenvalue weighted by molar-refractivity contribution is 6.04. The van der Waals surface area contributed by atoms with E-state index in [2.05, 4.69) is 5.32 Å². The highest BCUT2D eigenvalue weighted by Crippen LogP contribution is 2.40. The van der Waals surface area contributed by atoms with Crippen molar-refractivity contribution < 1.29 is 19.1 Å². The normalized spacial score (nSPS) is 21.2. The van der Waals surface area contributed by atoms with Crippen LogP contribution < -0.4 is 10.1 Å². The number of nitrogens with zero attached hydrogens (tertiary/aromatic N) is 1. The third kappa shape index (κ3) is 3.56. The number of rotatable bonds is 7. The number of imide groups is 1. The smallest absolute Gasteiger partial charge is 0.325 e. The van der Waals surface area contributed by atoms with Crippen molar-refractivity contribution in [2.24, 2.45) is 0 Å². The molecule has 3 amide bonds. The number of ether oxygens (including phenoxy) is 2. The number of hydrogen-bond acceptors (Lipinski definition) is 4. The van der Waals surface area contributed by atoms with Gasteiger partial charge in [0, 0.05) is 19.1 Å². The van der Waals surface area contributed by atoms with E-state index < -0.39 is 6.04 Å². The molecule has 0 radical (unpaired) electrons. The van der Waals surface area contributed by atoms with Gasteiger partial charge in [-0.1, -0.05) is 42.5 Å². The number of nitrogens with one attached hydrogen (secondary N) is 1. The molecular weight excluding hydrogens is 380 g/mol. The van der Waals surface area contributed by atoms with Gasteiger partial charge in [0.25, 0.3) is 5.91 Å². The second-order valence-corrected chi connectivity index (χ2v) is 8.15. The number of hydrogen-bond donors (Lipinski definition) is 1. The van der Waals surface area contributed by atoms with Crippen molar-refractivity contribution in [2.45, 2.75) is 50.3 Å². The molecule has 2 aromatic rings. The molecule has 0 aromatic heterocycles. The Morgan fingerprint density at radius 2 is 1.80 bits per heavy atom. The molecule has 1 aliphatic heterocycles. The lowest BCUT2D eigenvalue weighted by atomic mass is 9.75. The Bertz CT molecular complexity index is 931. The summed E-state index contributed by atoms with van der Waals surface area (Å²) in [6, 6.07) is 14.5. The number of para-hydroxylation sites is 1. The minimum absolute atomic E-state index is 0.176. The zero-order chi connectivity index (χ0) is 21.3. The zero-order valence-corrected chi connectivity index (χ0v) is 17.7. The molecule has 4 rings (SSSR count). The van der Waals surface area contributed by atoms with Gasteiger partial charge in [0.05, 0.1) is 18.8 Å². The maximum absolute atomic E-state index is 13.0. The predicted octanol–water partition coefficient (Wildman–Crippen LogP) is 4.30. The molecule has 158 valence electrons. The van der Waals surface area contributed by atoms with Crippen LogP contribution in [-0.4, -0.2) is 42.7 Å². The summed E-state index contributed by atoms with van der Waals surface area (Å²) in [5.74, 6) is 0.628. The van der Waals surface area contributed by atoms with Crippen LogP contribution in [0.3, 0.4) is 0 Å². The van der Waals surface area contributed by atoms with Crippen molar-refractivity contribution in [2.75, 3.05) is 14.2 Å². The van der Waals surface area contributed by atoms with Gasteiger partial charge in [-0.2, -0.15) is 0 Å². The molecule has 0 bridgehead atoms. The molecule has 1 N–H and O–H groups in total. The number of carbonyl (C=O) groups excluding carboxylic acids is 2. The summed E-state index contributed by atoms with van der Waals surface area (Å²) in [6.45, 7) is 1.88. The van der Waals surface area contributed by atoms with Crippen LogP contribution in [0.1, 0.15) is 44.2 Å². The number of carbonyl (C=O) groups is 2. The maximum Gasteiger partial charge on any atom is 0.325 e. The van der Waals surface area contributed by atoms with Crippen molar-refractivity contribution in [1.29, 1.82) is 0 Å². The largest absolute Gasteiger partial charge is 0.496 e. The summed E-state index contributed by atoms with van der Waals surface area (Å²) < 4.78 is 11.1. The molecule has 1 saturated heterocycles. The standard InChI is InChI=1S/C24H28N2O4/c1-16(17-9-11-18(12-10-17)19-7-4-5-8-21(19)29-2)26-22(27)20(25-23(26)28)15-24(30-3)13-6-14-24/h4-5,7-12,16,20H,6,13-15H2,1-3H3,(H,25,28). The lowest BCUT2D eigenvalue weighted by Crippen LogP contribution is -2.46. The first-order valence-corrected chi connectivity index (χ1v) is 10.4. The summed E-state index contributed by atoms with van der Waals surface area (Å²) in [5, 5.41) is 2.86. The molecule has 6 heteroatoms. The van der Waals surface area contributed by atoms with Crippen molar-refractivity contribution >= 4 is 11.9 Å². The van der Waals surface area contributed by atoms with E-state index in [9.17, 15) is 9.59 Å². The summed E-state index contributed by atoms with van der Waals surface area (Å²) >= 11 is 0. The van der Waals surface area contributed by atoms with Crippen LogP contribution in [0.2, 0.25) is 0 Å². The lowest BCUT2D eigenvalue weighted by molar-refractivity contribution is -0.133. The third-order valence-corrected chi connectivity index (χ3v) is 6.52. The van der Waals surface area contributed by atoms with E-state index in [4.69, 9.17) is 9.47 Å². The zero-order valence-electron chi connectivity index (χ0n) is 17.7. The second-order valence-electron chi connectivity index (χ2n) is 8.15. The predicted molar refractivity (Wildman–Crippen MR) is 114 cm³/mol. The van der Waals surface area contributed by atoms with Crippen LogP contribution in [0.4, 0.5) is 4.79 Å². The van der Waals surface area contributed by atoms with Crippen LogP contribution in [0.15, 0.2) is 48.5 Å².